The fraction of sp³-hybridized carbons (Fsp3) is 0.467. The predicted octanol–water partition coefficient (Wildman–Crippen LogP) is 3.63. The standard InChI is InChI=1S/C15H20ClNO4/c1-9(13(18)19)12(10-5-7-11(16)8-6-10)17-14(20)21-15(2,3)4/h5-9,12H,1-4H3,(H,17,20)(H,18,19)/t9-,12?/m0/s1. The molecule has 1 aromatic carbocycles. The zero-order valence-electron chi connectivity index (χ0n) is 12.5. The van der Waals surface area contributed by atoms with Gasteiger partial charge >= 0.3 is 12.1 Å². The molecule has 1 unspecified atom stereocenters. The summed E-state index contributed by atoms with van der Waals surface area (Å²) in [5, 5.41) is 12.3. The SMILES string of the molecule is C[C@H](C(=O)O)C(NC(=O)OC(C)(C)C)c1ccc(Cl)cc1. The van der Waals surface area contributed by atoms with E-state index < -0.39 is 29.6 Å². The number of alkyl carbamates (subject to hydrolysis) is 1. The van der Waals surface area contributed by atoms with Gasteiger partial charge in [0, 0.05) is 5.02 Å². The number of rotatable bonds is 4. The monoisotopic (exact) mass is 313 g/mol. The van der Waals surface area contributed by atoms with Gasteiger partial charge in [0.15, 0.2) is 0 Å². The summed E-state index contributed by atoms with van der Waals surface area (Å²) in [5.74, 6) is -1.82. The number of amides is 1. The van der Waals surface area contributed by atoms with Gasteiger partial charge < -0.3 is 15.2 Å². The highest BCUT2D eigenvalue weighted by Crippen LogP contribution is 2.24. The Kier molecular flexibility index (Phi) is 5.61. The minimum absolute atomic E-state index is 0.540. The van der Waals surface area contributed by atoms with Crippen molar-refractivity contribution in [1.29, 1.82) is 0 Å². The molecule has 0 aromatic heterocycles. The Bertz CT molecular complexity index is 507. The number of aliphatic carboxylic acids is 1. The first kappa shape index (κ1) is 17.3. The van der Waals surface area contributed by atoms with E-state index in [-0.39, 0.29) is 0 Å². The smallest absolute Gasteiger partial charge is 0.408 e. The lowest BCUT2D eigenvalue weighted by Gasteiger charge is -2.26. The third-order valence-corrected chi connectivity index (χ3v) is 3.04. The average Bonchev–Trinajstić information content (AvgIpc) is 2.34. The Morgan fingerprint density at radius 3 is 2.19 bits per heavy atom. The summed E-state index contributed by atoms with van der Waals surface area (Å²) in [4.78, 5) is 23.1. The number of carboxylic acids is 1. The van der Waals surface area contributed by atoms with Crippen molar-refractivity contribution in [3.8, 4) is 0 Å². The average molecular weight is 314 g/mol. The molecular weight excluding hydrogens is 294 g/mol. The molecule has 6 heteroatoms. The van der Waals surface area contributed by atoms with Gasteiger partial charge in [0.2, 0.25) is 0 Å². The first-order valence-corrected chi connectivity index (χ1v) is 6.96. The minimum atomic E-state index is -1.01. The van der Waals surface area contributed by atoms with Crippen molar-refractivity contribution in [1.82, 2.24) is 5.32 Å². The maximum absolute atomic E-state index is 11.9. The molecule has 2 atom stereocenters. The summed E-state index contributed by atoms with van der Waals surface area (Å²) in [7, 11) is 0. The van der Waals surface area contributed by atoms with Crippen molar-refractivity contribution in [2.75, 3.05) is 0 Å². The van der Waals surface area contributed by atoms with E-state index in [1.165, 1.54) is 6.92 Å². The number of carboxylic acid groups (broad SMARTS) is 1. The van der Waals surface area contributed by atoms with Crippen LogP contribution >= 0.6 is 11.6 Å². The van der Waals surface area contributed by atoms with Gasteiger partial charge in [0.05, 0.1) is 12.0 Å². The number of hydrogen-bond acceptors (Lipinski definition) is 3. The normalized spacial score (nSPS) is 14.1. The van der Waals surface area contributed by atoms with Crippen LogP contribution in [0.2, 0.25) is 5.02 Å². The number of hydrogen-bond donors (Lipinski definition) is 2. The molecular formula is C15H20ClNO4. The molecule has 0 saturated carbocycles. The number of benzene rings is 1. The van der Waals surface area contributed by atoms with Gasteiger partial charge in [-0.1, -0.05) is 23.7 Å². The number of carbonyl (C=O) groups excluding carboxylic acids is 1. The highest BCUT2D eigenvalue weighted by atomic mass is 35.5. The first-order chi connectivity index (χ1) is 9.60. The van der Waals surface area contributed by atoms with Crippen molar-refractivity contribution in [2.45, 2.75) is 39.3 Å². The van der Waals surface area contributed by atoms with Gasteiger partial charge in [0.1, 0.15) is 5.60 Å². The second kappa shape index (κ2) is 6.80. The molecule has 0 radical (unpaired) electrons. The molecule has 116 valence electrons. The zero-order valence-corrected chi connectivity index (χ0v) is 13.3. The van der Waals surface area contributed by atoms with Crippen molar-refractivity contribution in [3.05, 3.63) is 34.9 Å². The van der Waals surface area contributed by atoms with Crippen LogP contribution in [0.15, 0.2) is 24.3 Å². The second-order valence-electron chi connectivity index (χ2n) is 5.80. The first-order valence-electron chi connectivity index (χ1n) is 6.58. The van der Waals surface area contributed by atoms with Crippen LogP contribution < -0.4 is 5.32 Å². The van der Waals surface area contributed by atoms with Crippen molar-refractivity contribution >= 4 is 23.7 Å². The molecule has 1 rings (SSSR count). The van der Waals surface area contributed by atoms with E-state index in [9.17, 15) is 14.7 Å². The van der Waals surface area contributed by atoms with Gasteiger partial charge in [-0.05, 0) is 45.4 Å². The number of nitrogens with one attached hydrogen (secondary N) is 1. The quantitative estimate of drug-likeness (QED) is 0.890. The van der Waals surface area contributed by atoms with Crippen molar-refractivity contribution < 1.29 is 19.4 Å². The lowest BCUT2D eigenvalue weighted by Crippen LogP contribution is -2.39. The van der Waals surface area contributed by atoms with Gasteiger partial charge in [-0.15, -0.1) is 0 Å². The second-order valence-corrected chi connectivity index (χ2v) is 6.24. The maximum atomic E-state index is 11.9. The summed E-state index contributed by atoms with van der Waals surface area (Å²) in [6, 6.07) is 5.97. The van der Waals surface area contributed by atoms with Crippen molar-refractivity contribution in [3.63, 3.8) is 0 Å². The summed E-state index contributed by atoms with van der Waals surface area (Å²) in [6.45, 7) is 6.75. The number of halogens is 1. The van der Waals surface area contributed by atoms with Gasteiger partial charge in [-0.3, -0.25) is 4.79 Å². The highest BCUT2D eigenvalue weighted by molar-refractivity contribution is 6.30. The van der Waals surface area contributed by atoms with Crippen LogP contribution in [-0.4, -0.2) is 22.8 Å². The van der Waals surface area contributed by atoms with Crippen LogP contribution in [0.5, 0.6) is 0 Å². The molecule has 21 heavy (non-hydrogen) atoms. The lowest BCUT2D eigenvalue weighted by molar-refractivity contribution is -0.142. The Hall–Kier alpha value is -1.75. The Labute approximate surface area is 129 Å². The summed E-state index contributed by atoms with van der Waals surface area (Å²) >= 11 is 5.82. The number of ether oxygens (including phenoxy) is 1. The molecule has 1 aromatic rings. The van der Waals surface area contributed by atoms with Crippen LogP contribution in [0, 0.1) is 5.92 Å². The molecule has 0 aliphatic rings. The Morgan fingerprint density at radius 1 is 1.24 bits per heavy atom. The minimum Gasteiger partial charge on any atom is -0.481 e. The fourth-order valence-electron chi connectivity index (χ4n) is 1.74. The van der Waals surface area contributed by atoms with E-state index in [2.05, 4.69) is 5.32 Å². The predicted molar refractivity (Wildman–Crippen MR) is 80.4 cm³/mol. The van der Waals surface area contributed by atoms with E-state index in [4.69, 9.17) is 16.3 Å². The van der Waals surface area contributed by atoms with Crippen molar-refractivity contribution in [2.24, 2.45) is 5.92 Å². The van der Waals surface area contributed by atoms with E-state index >= 15 is 0 Å². The van der Waals surface area contributed by atoms with Crippen LogP contribution in [0.1, 0.15) is 39.3 Å². The lowest BCUT2D eigenvalue weighted by atomic mass is 9.95. The molecule has 0 bridgehead atoms. The molecule has 0 aliphatic heterocycles. The molecule has 5 nitrogen and oxygen atoms in total. The van der Waals surface area contributed by atoms with E-state index in [1.54, 1.807) is 45.0 Å². The molecule has 0 aliphatic carbocycles. The third kappa shape index (κ3) is 5.63. The largest absolute Gasteiger partial charge is 0.481 e. The Morgan fingerprint density at radius 2 is 1.76 bits per heavy atom. The summed E-state index contributed by atoms with van der Waals surface area (Å²) in [6.07, 6.45) is -0.657. The Balaban J connectivity index is 2.95. The van der Waals surface area contributed by atoms with E-state index in [0.29, 0.717) is 10.6 Å². The summed E-state index contributed by atoms with van der Waals surface area (Å²) < 4.78 is 5.17. The fourth-order valence-corrected chi connectivity index (χ4v) is 1.87. The molecule has 2 N–H and O–H groups in total. The molecule has 0 saturated heterocycles. The number of carbonyl (C=O) groups is 2. The highest BCUT2D eigenvalue weighted by Gasteiger charge is 2.28. The topological polar surface area (TPSA) is 75.6 Å². The van der Waals surface area contributed by atoms with Crippen LogP contribution in [0.25, 0.3) is 0 Å². The van der Waals surface area contributed by atoms with E-state index in [1.807, 2.05) is 0 Å². The zero-order chi connectivity index (χ0) is 16.2. The molecule has 0 spiro atoms. The van der Waals surface area contributed by atoms with Gasteiger partial charge in [0.25, 0.3) is 0 Å². The van der Waals surface area contributed by atoms with Gasteiger partial charge in [-0.25, -0.2) is 4.79 Å². The third-order valence-electron chi connectivity index (χ3n) is 2.79. The van der Waals surface area contributed by atoms with Crippen LogP contribution in [0.3, 0.4) is 0 Å². The van der Waals surface area contributed by atoms with Gasteiger partial charge in [-0.2, -0.15) is 0 Å². The molecule has 0 heterocycles. The van der Waals surface area contributed by atoms with Crippen LogP contribution in [-0.2, 0) is 9.53 Å². The molecule has 0 fully saturated rings. The van der Waals surface area contributed by atoms with E-state index in [0.717, 1.165) is 0 Å². The summed E-state index contributed by atoms with van der Waals surface area (Å²) in [5.41, 5.74) is 0.00123. The van der Waals surface area contributed by atoms with Crippen LogP contribution in [0.4, 0.5) is 4.79 Å². The maximum Gasteiger partial charge on any atom is 0.408 e. The molecule has 1 amide bonds.